The summed E-state index contributed by atoms with van der Waals surface area (Å²) in [7, 11) is -2.21. The maximum atomic E-state index is 4.99. The van der Waals surface area contributed by atoms with Crippen molar-refractivity contribution in [3.8, 4) is 0 Å². The van der Waals surface area contributed by atoms with Crippen LogP contribution in [-0.2, 0) is 13.1 Å². The van der Waals surface area contributed by atoms with Crippen LogP contribution in [0.4, 0.5) is 0 Å². The van der Waals surface area contributed by atoms with Crippen LogP contribution in [0, 0.1) is 0 Å². The molecule has 0 saturated heterocycles. The number of benzene rings is 6. The smallest absolute Gasteiger partial charge is 0.684 e. The van der Waals surface area contributed by atoms with Gasteiger partial charge in [0.05, 0.1) is 5.34 Å². The Morgan fingerprint density at radius 3 is 1.28 bits per heavy atom. The third kappa shape index (κ3) is 12.2. The molecule has 0 aromatic heterocycles. The van der Waals surface area contributed by atoms with Crippen molar-refractivity contribution < 1.29 is 4.99 Å². The maximum absolute atomic E-state index is 4.99. The summed E-state index contributed by atoms with van der Waals surface area (Å²) in [4.78, 5) is 3.65. The molecule has 3 nitrogen and oxygen atoms in total. The van der Waals surface area contributed by atoms with E-state index in [2.05, 4.69) is 173 Å². The first kappa shape index (κ1) is 41.7. The second kappa shape index (κ2) is 19.2. The van der Waals surface area contributed by atoms with Crippen LogP contribution in [-0.4, -0.2) is 50.6 Å². The number of nitrogens with zero attached hydrogens (tertiary/aromatic N) is 2. The van der Waals surface area contributed by atoms with Crippen molar-refractivity contribution >= 4 is 112 Å². The van der Waals surface area contributed by atoms with Gasteiger partial charge in [-0.05, 0) is 66.9 Å². The van der Waals surface area contributed by atoms with Gasteiger partial charge in [0.1, 0.15) is 0 Å². The first-order chi connectivity index (χ1) is 23.3. The van der Waals surface area contributed by atoms with Crippen LogP contribution in [0.1, 0.15) is 25.0 Å². The van der Waals surface area contributed by atoms with Gasteiger partial charge < -0.3 is 9.96 Å². The Bertz CT molecular complexity index is 1960. The van der Waals surface area contributed by atoms with Gasteiger partial charge in [0.2, 0.25) is 0 Å². The van der Waals surface area contributed by atoms with Gasteiger partial charge in [-0.15, -0.1) is 29.7 Å². The summed E-state index contributed by atoms with van der Waals surface area (Å²) >= 11 is 9.53. The second-order valence-electron chi connectivity index (χ2n) is 14.3. The van der Waals surface area contributed by atoms with Gasteiger partial charge in [-0.25, -0.2) is 4.99 Å². The van der Waals surface area contributed by atoms with Gasteiger partial charge in [0.15, 0.2) is 12.3 Å². The minimum absolute atomic E-state index is 0. The molecule has 8 heteroatoms. The first-order valence-electron chi connectivity index (χ1n) is 16.9. The Kier molecular flexibility index (Phi) is 16.1. The average Bonchev–Trinajstić information content (AvgIpc) is 3.04. The zero-order valence-corrected chi connectivity index (χ0v) is 35.9. The molecule has 0 spiro atoms. The largest absolute Gasteiger partial charge is 2.00 e. The third-order valence-electron chi connectivity index (χ3n) is 7.89. The van der Waals surface area contributed by atoms with E-state index in [4.69, 9.17) is 33.2 Å². The van der Waals surface area contributed by atoms with Crippen molar-refractivity contribution in [3.63, 3.8) is 0 Å². The molecule has 0 aliphatic rings. The molecule has 0 aliphatic heterocycles. The van der Waals surface area contributed by atoms with E-state index in [1.54, 1.807) is 0 Å². The van der Waals surface area contributed by atoms with Crippen molar-refractivity contribution in [2.24, 2.45) is 0 Å². The van der Waals surface area contributed by atoms with Gasteiger partial charge in [0.25, 0.3) is 0 Å². The zero-order chi connectivity index (χ0) is 35.6. The molecule has 0 amide bonds. The van der Waals surface area contributed by atoms with E-state index in [9.17, 15) is 0 Å². The Labute approximate surface area is 327 Å². The summed E-state index contributed by atoms with van der Waals surface area (Å²) < 4.78 is 4.82. The molecular formula is C42H50Cl2MgN3Si2+. The van der Waals surface area contributed by atoms with Crippen LogP contribution in [0.3, 0.4) is 0 Å². The second-order valence-corrected chi connectivity index (χ2v) is 24.7. The summed E-state index contributed by atoms with van der Waals surface area (Å²) in [5, 5.41) is 15.4. The van der Waals surface area contributed by atoms with Gasteiger partial charge in [0, 0.05) is 12.5 Å². The molecule has 0 atom stereocenters. The van der Waals surface area contributed by atoms with E-state index in [0.29, 0.717) is 6.54 Å². The van der Waals surface area contributed by atoms with Crippen LogP contribution in [0.5, 0.6) is 0 Å². The Morgan fingerprint density at radius 2 is 0.940 bits per heavy atom. The number of nitrogens with one attached hydrogen (secondary N) is 1. The monoisotopic (exact) mass is 746 g/mol. The van der Waals surface area contributed by atoms with Gasteiger partial charge >= 0.3 is 23.1 Å². The zero-order valence-electron chi connectivity index (χ0n) is 30.9. The molecule has 0 saturated carbocycles. The molecule has 256 valence electrons. The van der Waals surface area contributed by atoms with E-state index in [1.165, 1.54) is 54.2 Å². The molecule has 0 fully saturated rings. The molecule has 1 N–H and O–H groups in total. The number of fused-ring (bicyclic) bond motifs is 4. The van der Waals surface area contributed by atoms with E-state index >= 15 is 0 Å². The van der Waals surface area contributed by atoms with Crippen molar-refractivity contribution in [3.05, 3.63) is 142 Å². The molecule has 6 aromatic carbocycles. The number of allylic oxidation sites excluding steroid dienone is 2. The summed E-state index contributed by atoms with van der Waals surface area (Å²) in [6, 6.07) is 39.1. The normalized spacial score (nSPS) is 12.2. The molecule has 0 unspecified atom stereocenters. The number of hydrogen-bond donors (Lipinski definition) is 1. The van der Waals surface area contributed by atoms with Crippen LogP contribution < -0.4 is 4.99 Å². The molecule has 0 radical (unpaired) electrons. The van der Waals surface area contributed by atoms with Crippen LogP contribution >= 0.6 is 23.2 Å². The van der Waals surface area contributed by atoms with Crippen LogP contribution in [0.25, 0.3) is 53.1 Å². The fraction of sp³-hybridized carbons (Fsp3) is 0.262. The Morgan fingerprint density at radius 1 is 0.600 bits per heavy atom. The first-order valence-corrected chi connectivity index (χ1v) is 24.8. The van der Waals surface area contributed by atoms with Gasteiger partial charge in [-0.1, -0.05) is 160 Å². The van der Waals surface area contributed by atoms with Crippen molar-refractivity contribution in [2.45, 2.75) is 66.2 Å². The minimum Gasteiger partial charge on any atom is -0.684 e. The van der Waals surface area contributed by atoms with Gasteiger partial charge in [-0.3, -0.25) is 0 Å². The maximum Gasteiger partial charge on any atom is 2.00 e. The van der Waals surface area contributed by atoms with E-state index in [-0.39, 0.29) is 28.4 Å². The topological polar surface area (TPSA) is 42.2 Å². The standard InChI is InChI=1S/C35H29N2.C6H18NSi2.CH2Cl2.Mg/c1-24(36-22-34-30-15-7-3-11-26(30)20-27-12-4-8-16-31(27)34)19-25(2)37-23-35-32-17-9-5-13-28(32)21-29-14-6-10-18-33(29)35;1-8(2,3)7-9(4,5)6;2-1-3;/h3-21H,22-23H2,1-2H3;1-6H3;1H2;/q2*-1;;+2/p+1/b24-19-,37-25?;;;. The molecule has 6 aromatic rings. The predicted octanol–water partition coefficient (Wildman–Crippen LogP) is 11.9. The van der Waals surface area contributed by atoms with E-state index in [1.807, 2.05) is 0 Å². The Hall–Kier alpha value is -2.69. The summed E-state index contributed by atoms with van der Waals surface area (Å²) in [6.07, 6.45) is 2.15. The molecule has 6 rings (SSSR count). The van der Waals surface area contributed by atoms with Crippen LogP contribution in [0.15, 0.2) is 121 Å². The van der Waals surface area contributed by atoms with Gasteiger partial charge in [-0.2, -0.15) is 5.70 Å². The molecular weight excluding hydrogens is 698 g/mol. The number of alkyl halides is 2. The fourth-order valence-electron chi connectivity index (χ4n) is 6.42. The fourth-order valence-corrected chi connectivity index (χ4v) is 14.5. The molecule has 0 heterocycles. The number of rotatable bonds is 8. The van der Waals surface area contributed by atoms with E-state index in [0.717, 1.165) is 18.0 Å². The van der Waals surface area contributed by atoms with Crippen molar-refractivity contribution in [2.75, 3.05) is 5.34 Å². The number of hydrogen-bond acceptors (Lipinski definition) is 0. The number of halogens is 2. The van der Waals surface area contributed by atoms with Crippen LogP contribution in [0.2, 0.25) is 39.3 Å². The Balaban J connectivity index is 0.000000451. The average molecular weight is 748 g/mol. The molecule has 50 heavy (non-hydrogen) atoms. The minimum atomic E-state index is -1.11. The van der Waals surface area contributed by atoms with E-state index < -0.39 is 16.5 Å². The third-order valence-corrected chi connectivity index (χ3v) is 13.3. The molecule has 0 bridgehead atoms. The summed E-state index contributed by atoms with van der Waals surface area (Å²) in [5.74, 6) is 0. The summed E-state index contributed by atoms with van der Waals surface area (Å²) in [6.45, 7) is 19.4. The summed E-state index contributed by atoms with van der Waals surface area (Å²) in [5.41, 5.74) is 4.75. The quantitative estimate of drug-likeness (QED) is 0.0697. The molecule has 0 aliphatic carbocycles. The van der Waals surface area contributed by atoms with Crippen molar-refractivity contribution in [1.82, 2.24) is 0 Å². The SMILES string of the molecule is CC(/C=C(/C)[N-]Cc1c2ccccc2cc2ccccc12)=[NH+]Cc1c2ccccc2cc2ccccc12.C[Si](C)(C)[N-][Si](C)(C)C.ClCCl.[Mg+2]. The predicted molar refractivity (Wildman–Crippen MR) is 231 cm³/mol. The van der Waals surface area contributed by atoms with Crippen molar-refractivity contribution in [1.29, 1.82) is 0 Å².